The number of esters is 2. The molecule has 0 aromatic carbocycles. The average Bonchev–Trinajstić information content (AvgIpc) is 1.36. The third-order valence-corrected chi connectivity index (χ3v) is 21.3. The van der Waals surface area contributed by atoms with Gasteiger partial charge in [-0.25, -0.2) is 4.57 Å². The quantitative estimate of drug-likeness (QED) is 0.0264. The predicted octanol–water partition coefficient (Wildman–Crippen LogP) is 29.7. The summed E-state index contributed by atoms with van der Waals surface area (Å²) in [6.07, 6.45) is 109. The topological polar surface area (TPSA) is 134 Å². The van der Waals surface area contributed by atoms with E-state index in [9.17, 15) is 19.0 Å². The second kappa shape index (κ2) is 84.2. The summed E-state index contributed by atoms with van der Waals surface area (Å²) in [7, 11) is -4.39. The molecule has 98 heavy (non-hydrogen) atoms. The van der Waals surface area contributed by atoms with Gasteiger partial charge in [-0.15, -0.1) is 0 Å². The van der Waals surface area contributed by atoms with Crippen molar-refractivity contribution in [3.05, 3.63) is 36.5 Å². The number of rotatable bonds is 85. The molecular weight excluding hydrogens is 1230 g/mol. The molecule has 0 aliphatic carbocycles. The van der Waals surface area contributed by atoms with E-state index in [1.165, 1.54) is 405 Å². The largest absolute Gasteiger partial charge is 0.472 e. The number of carbonyl (C=O) groups is 2. The summed E-state index contributed by atoms with van der Waals surface area (Å²) >= 11 is 0. The Labute approximate surface area is 611 Å². The van der Waals surface area contributed by atoms with Crippen LogP contribution in [0.3, 0.4) is 0 Å². The standard InChI is InChI=1S/C88H170NO8P/c1-3-5-7-9-11-13-15-17-19-21-23-25-27-29-31-33-35-37-39-41-42-43-44-45-47-49-51-53-55-57-59-61-63-65-67-69-71-73-75-77-79-81-88(91)97-86(85-96-98(92,93)95-83-82-89)84-94-87(90)80-78-76-74-72-70-68-66-64-62-60-58-56-54-52-50-48-46-40-38-36-34-32-30-28-26-24-22-20-18-16-14-12-10-8-6-4-2/h15,17,21,23,27,29,86H,3-14,16,18-20,22,24-26,28,30-85,89H2,1-2H3,(H,92,93)/b17-15-,23-21-,29-27-. The Balaban J connectivity index is 3.70. The molecule has 0 aliphatic rings. The molecule has 0 rings (SSSR count). The number of phosphoric acid groups is 1. The molecule has 10 heteroatoms. The van der Waals surface area contributed by atoms with Crippen LogP contribution in [-0.4, -0.2) is 49.3 Å². The van der Waals surface area contributed by atoms with Gasteiger partial charge in [-0.05, 0) is 51.4 Å². The summed E-state index contributed by atoms with van der Waals surface area (Å²) in [4.78, 5) is 35.5. The molecule has 0 radical (unpaired) electrons. The summed E-state index contributed by atoms with van der Waals surface area (Å²) in [5.41, 5.74) is 5.42. The average molecular weight is 1400 g/mol. The van der Waals surface area contributed by atoms with E-state index in [1.54, 1.807) is 0 Å². The van der Waals surface area contributed by atoms with Gasteiger partial charge in [-0.3, -0.25) is 18.6 Å². The number of nitrogens with two attached hydrogens (primary N) is 1. The van der Waals surface area contributed by atoms with E-state index in [1.807, 2.05) is 0 Å². The monoisotopic (exact) mass is 1400 g/mol. The SMILES string of the molecule is CCCCCCC/C=C\C/C=C\C/C=C\CCCCCCCCCCCCCCCCCCCCCCCCCCCCC(=O)OC(COC(=O)CCCCCCCCCCCCCCCCCCCCCCCCCCCCCCCCCCCCCC)COP(=O)(O)OCCN. The number of unbranched alkanes of at least 4 members (excludes halogenated alkanes) is 66. The Morgan fingerprint density at radius 1 is 0.306 bits per heavy atom. The first-order chi connectivity index (χ1) is 48.3. The Morgan fingerprint density at radius 3 is 0.786 bits per heavy atom. The van der Waals surface area contributed by atoms with Gasteiger partial charge in [0.25, 0.3) is 0 Å². The van der Waals surface area contributed by atoms with Crippen LogP contribution in [0.2, 0.25) is 0 Å². The van der Waals surface area contributed by atoms with Crippen molar-refractivity contribution in [1.29, 1.82) is 0 Å². The highest BCUT2D eigenvalue weighted by molar-refractivity contribution is 7.47. The molecule has 0 aromatic rings. The lowest BCUT2D eigenvalue weighted by Crippen LogP contribution is -2.29. The fraction of sp³-hybridized carbons (Fsp3) is 0.909. The Hall–Kier alpha value is -1.77. The Bertz CT molecular complexity index is 1700. The van der Waals surface area contributed by atoms with Gasteiger partial charge in [0.15, 0.2) is 6.10 Å². The normalized spacial score (nSPS) is 12.9. The number of carbonyl (C=O) groups excluding carboxylic acids is 2. The van der Waals surface area contributed by atoms with Crippen LogP contribution < -0.4 is 5.73 Å². The van der Waals surface area contributed by atoms with Crippen LogP contribution in [0.25, 0.3) is 0 Å². The number of hydrogen-bond donors (Lipinski definition) is 2. The fourth-order valence-electron chi connectivity index (χ4n) is 13.8. The van der Waals surface area contributed by atoms with E-state index < -0.39 is 26.5 Å². The van der Waals surface area contributed by atoms with Crippen molar-refractivity contribution in [2.75, 3.05) is 26.4 Å². The van der Waals surface area contributed by atoms with Crippen LogP contribution in [0.15, 0.2) is 36.5 Å². The third-order valence-electron chi connectivity index (χ3n) is 20.3. The minimum atomic E-state index is -4.39. The zero-order valence-corrected chi connectivity index (χ0v) is 66.7. The molecule has 2 atom stereocenters. The fourth-order valence-corrected chi connectivity index (χ4v) is 14.5. The molecule has 0 heterocycles. The van der Waals surface area contributed by atoms with Crippen molar-refractivity contribution in [1.82, 2.24) is 0 Å². The van der Waals surface area contributed by atoms with Crippen molar-refractivity contribution >= 4 is 19.8 Å². The van der Waals surface area contributed by atoms with Gasteiger partial charge in [0.2, 0.25) is 0 Å². The highest BCUT2D eigenvalue weighted by Crippen LogP contribution is 2.43. The summed E-state index contributed by atoms with van der Waals surface area (Å²) < 4.78 is 33.3. The first-order valence-electron chi connectivity index (χ1n) is 44.0. The lowest BCUT2D eigenvalue weighted by Gasteiger charge is -2.19. The summed E-state index contributed by atoms with van der Waals surface area (Å²) in [6, 6.07) is 0. The van der Waals surface area contributed by atoms with E-state index in [0.717, 1.165) is 44.9 Å². The Morgan fingerprint density at radius 2 is 0.531 bits per heavy atom. The van der Waals surface area contributed by atoms with Crippen LogP contribution >= 0.6 is 7.82 Å². The summed E-state index contributed by atoms with van der Waals surface area (Å²) in [5.74, 6) is -0.797. The lowest BCUT2D eigenvalue weighted by molar-refractivity contribution is -0.161. The van der Waals surface area contributed by atoms with E-state index in [0.29, 0.717) is 6.42 Å². The zero-order valence-electron chi connectivity index (χ0n) is 65.8. The first kappa shape index (κ1) is 96.2. The molecule has 0 saturated carbocycles. The Kier molecular flexibility index (Phi) is 82.6. The van der Waals surface area contributed by atoms with E-state index in [2.05, 4.69) is 50.3 Å². The van der Waals surface area contributed by atoms with Gasteiger partial charge in [-0.2, -0.15) is 0 Å². The smallest absolute Gasteiger partial charge is 0.462 e. The minimum absolute atomic E-state index is 0.0573. The zero-order chi connectivity index (χ0) is 70.8. The highest BCUT2D eigenvalue weighted by Gasteiger charge is 2.26. The number of phosphoric ester groups is 1. The number of ether oxygens (including phenoxy) is 2. The molecule has 0 bridgehead atoms. The van der Waals surface area contributed by atoms with Crippen LogP contribution in [0, 0.1) is 0 Å². The molecule has 3 N–H and O–H groups in total. The van der Waals surface area contributed by atoms with E-state index >= 15 is 0 Å². The number of allylic oxidation sites excluding steroid dienone is 6. The molecule has 0 amide bonds. The van der Waals surface area contributed by atoms with E-state index in [4.69, 9.17) is 24.3 Å². The highest BCUT2D eigenvalue weighted by atomic mass is 31.2. The second-order valence-electron chi connectivity index (χ2n) is 30.1. The maximum atomic E-state index is 12.8. The van der Waals surface area contributed by atoms with Crippen molar-refractivity contribution in [3.63, 3.8) is 0 Å². The molecule has 0 aromatic heterocycles. The molecule has 2 unspecified atom stereocenters. The van der Waals surface area contributed by atoms with Gasteiger partial charge in [-0.1, -0.05) is 455 Å². The van der Waals surface area contributed by atoms with E-state index in [-0.39, 0.29) is 38.6 Å². The minimum Gasteiger partial charge on any atom is -0.462 e. The molecule has 0 fully saturated rings. The molecule has 0 saturated heterocycles. The van der Waals surface area contributed by atoms with Gasteiger partial charge in [0.1, 0.15) is 6.61 Å². The predicted molar refractivity (Wildman–Crippen MR) is 427 cm³/mol. The molecule has 580 valence electrons. The molecule has 0 spiro atoms. The molecule has 0 aliphatic heterocycles. The molecule has 9 nitrogen and oxygen atoms in total. The summed E-state index contributed by atoms with van der Waals surface area (Å²) in [5, 5.41) is 0. The third kappa shape index (κ3) is 83.2. The van der Waals surface area contributed by atoms with Crippen molar-refractivity contribution in [3.8, 4) is 0 Å². The lowest BCUT2D eigenvalue weighted by atomic mass is 10.0. The molecular formula is C88H170NO8P. The van der Waals surface area contributed by atoms with Crippen LogP contribution in [-0.2, 0) is 32.7 Å². The van der Waals surface area contributed by atoms with Crippen molar-refractivity contribution in [2.24, 2.45) is 5.73 Å². The van der Waals surface area contributed by atoms with Crippen molar-refractivity contribution < 1.29 is 37.6 Å². The van der Waals surface area contributed by atoms with Gasteiger partial charge < -0.3 is 20.1 Å². The van der Waals surface area contributed by atoms with Gasteiger partial charge in [0, 0.05) is 19.4 Å². The second-order valence-corrected chi connectivity index (χ2v) is 31.6. The first-order valence-corrected chi connectivity index (χ1v) is 45.5. The maximum Gasteiger partial charge on any atom is 0.472 e. The van der Waals surface area contributed by atoms with Crippen LogP contribution in [0.5, 0.6) is 0 Å². The number of hydrogen-bond acceptors (Lipinski definition) is 8. The van der Waals surface area contributed by atoms with Crippen LogP contribution in [0.1, 0.15) is 483 Å². The maximum absolute atomic E-state index is 12.8. The van der Waals surface area contributed by atoms with Crippen LogP contribution in [0.4, 0.5) is 0 Å². The van der Waals surface area contributed by atoms with Gasteiger partial charge in [0.05, 0.1) is 13.2 Å². The van der Waals surface area contributed by atoms with Crippen molar-refractivity contribution in [2.45, 2.75) is 489 Å². The summed E-state index contributed by atoms with van der Waals surface area (Å²) in [6.45, 7) is 3.83. The van der Waals surface area contributed by atoms with Gasteiger partial charge >= 0.3 is 19.8 Å².